The molecular formula is C14H16N2O2S. The predicted octanol–water partition coefficient (Wildman–Crippen LogP) is 1.66. The van der Waals surface area contributed by atoms with Gasteiger partial charge in [0.15, 0.2) is 0 Å². The molecule has 1 aromatic rings. The summed E-state index contributed by atoms with van der Waals surface area (Å²) in [6.07, 6.45) is 1.60. The van der Waals surface area contributed by atoms with Crippen molar-refractivity contribution in [2.75, 3.05) is 23.4 Å². The van der Waals surface area contributed by atoms with Crippen molar-refractivity contribution in [2.45, 2.75) is 12.8 Å². The van der Waals surface area contributed by atoms with E-state index in [2.05, 4.69) is 10.6 Å². The molecule has 1 atom stereocenters. The van der Waals surface area contributed by atoms with E-state index in [1.807, 2.05) is 17.8 Å². The van der Waals surface area contributed by atoms with Crippen LogP contribution in [0.15, 0.2) is 18.2 Å². The minimum Gasteiger partial charge on any atom is -0.352 e. The fraction of sp³-hybridized carbons (Fsp3) is 0.429. The van der Waals surface area contributed by atoms with Crippen LogP contribution in [0.25, 0.3) is 0 Å². The number of thioether (sulfide) groups is 1. The molecule has 2 aliphatic rings. The van der Waals surface area contributed by atoms with Crippen LogP contribution < -0.4 is 10.6 Å². The zero-order valence-electron chi connectivity index (χ0n) is 10.6. The van der Waals surface area contributed by atoms with Gasteiger partial charge in [-0.05, 0) is 41.5 Å². The molecule has 0 spiro atoms. The van der Waals surface area contributed by atoms with E-state index < -0.39 is 0 Å². The summed E-state index contributed by atoms with van der Waals surface area (Å²) >= 11 is 1.95. The molecule has 1 unspecified atom stereocenters. The highest BCUT2D eigenvalue weighted by Crippen LogP contribution is 2.25. The SMILES string of the molecule is O=C1Cc2ccc(C(=O)NCC3CCSC3)cc2N1. The number of carbonyl (C=O) groups is 2. The molecule has 0 aliphatic carbocycles. The zero-order chi connectivity index (χ0) is 13.2. The van der Waals surface area contributed by atoms with Gasteiger partial charge in [0.25, 0.3) is 5.91 Å². The first-order chi connectivity index (χ1) is 9.22. The van der Waals surface area contributed by atoms with E-state index in [1.54, 1.807) is 12.1 Å². The van der Waals surface area contributed by atoms with E-state index in [9.17, 15) is 9.59 Å². The smallest absolute Gasteiger partial charge is 0.251 e. The maximum absolute atomic E-state index is 12.1. The molecule has 19 heavy (non-hydrogen) atoms. The first-order valence-electron chi connectivity index (χ1n) is 6.51. The van der Waals surface area contributed by atoms with Crippen LogP contribution >= 0.6 is 11.8 Å². The molecule has 1 fully saturated rings. The second-order valence-corrected chi connectivity index (χ2v) is 6.19. The standard InChI is InChI=1S/C14H16N2O2S/c17-13-6-10-1-2-11(5-12(10)16-13)14(18)15-7-9-3-4-19-8-9/h1-2,5,9H,3-4,6-8H2,(H,15,18)(H,16,17). The fourth-order valence-electron chi connectivity index (χ4n) is 2.44. The number of amides is 2. The van der Waals surface area contributed by atoms with Gasteiger partial charge in [0.05, 0.1) is 6.42 Å². The highest BCUT2D eigenvalue weighted by molar-refractivity contribution is 7.99. The number of fused-ring (bicyclic) bond motifs is 1. The van der Waals surface area contributed by atoms with Gasteiger partial charge in [-0.15, -0.1) is 0 Å². The molecule has 2 heterocycles. The Morgan fingerprint density at radius 2 is 2.37 bits per heavy atom. The van der Waals surface area contributed by atoms with E-state index in [-0.39, 0.29) is 11.8 Å². The number of hydrogen-bond donors (Lipinski definition) is 2. The summed E-state index contributed by atoms with van der Waals surface area (Å²) in [7, 11) is 0. The quantitative estimate of drug-likeness (QED) is 0.883. The van der Waals surface area contributed by atoms with Gasteiger partial charge in [-0.25, -0.2) is 0 Å². The van der Waals surface area contributed by atoms with Gasteiger partial charge in [-0.2, -0.15) is 11.8 Å². The Bertz CT molecular complexity index is 524. The fourth-order valence-corrected chi connectivity index (χ4v) is 3.72. The highest BCUT2D eigenvalue weighted by atomic mass is 32.2. The van der Waals surface area contributed by atoms with E-state index in [4.69, 9.17) is 0 Å². The van der Waals surface area contributed by atoms with Crippen molar-refractivity contribution >= 4 is 29.3 Å². The molecule has 0 bridgehead atoms. The predicted molar refractivity (Wildman–Crippen MR) is 76.5 cm³/mol. The third-order valence-electron chi connectivity index (χ3n) is 3.57. The zero-order valence-corrected chi connectivity index (χ0v) is 11.4. The van der Waals surface area contributed by atoms with E-state index in [0.29, 0.717) is 17.9 Å². The Hall–Kier alpha value is -1.49. The normalized spacial score (nSPS) is 21.1. The first-order valence-corrected chi connectivity index (χ1v) is 7.66. The summed E-state index contributed by atoms with van der Waals surface area (Å²) in [6.45, 7) is 0.745. The Balaban J connectivity index is 1.63. The Morgan fingerprint density at radius 1 is 1.47 bits per heavy atom. The molecule has 2 aliphatic heterocycles. The molecule has 0 radical (unpaired) electrons. The van der Waals surface area contributed by atoms with Gasteiger partial charge in [0.1, 0.15) is 0 Å². The van der Waals surface area contributed by atoms with Crippen LogP contribution in [0, 0.1) is 5.92 Å². The van der Waals surface area contributed by atoms with Crippen molar-refractivity contribution in [3.63, 3.8) is 0 Å². The summed E-state index contributed by atoms with van der Waals surface area (Å²) in [5.41, 5.74) is 2.36. The van der Waals surface area contributed by atoms with Crippen LogP contribution in [-0.2, 0) is 11.2 Å². The second kappa shape index (κ2) is 5.25. The molecule has 2 amide bonds. The molecule has 0 aromatic heterocycles. The van der Waals surface area contributed by atoms with Crippen molar-refractivity contribution < 1.29 is 9.59 Å². The minimum absolute atomic E-state index is 0.00413. The van der Waals surface area contributed by atoms with Gasteiger partial charge < -0.3 is 10.6 Å². The molecular weight excluding hydrogens is 260 g/mol. The Labute approximate surface area is 116 Å². The van der Waals surface area contributed by atoms with Crippen LogP contribution in [0.1, 0.15) is 22.3 Å². The van der Waals surface area contributed by atoms with Gasteiger partial charge in [-0.3, -0.25) is 9.59 Å². The monoisotopic (exact) mass is 276 g/mol. The lowest BCUT2D eigenvalue weighted by Crippen LogP contribution is -2.29. The van der Waals surface area contributed by atoms with E-state index in [0.717, 1.165) is 23.5 Å². The average Bonchev–Trinajstić information content (AvgIpc) is 3.02. The highest BCUT2D eigenvalue weighted by Gasteiger charge is 2.20. The second-order valence-electron chi connectivity index (χ2n) is 5.04. The number of anilines is 1. The topological polar surface area (TPSA) is 58.2 Å². The van der Waals surface area contributed by atoms with Gasteiger partial charge in [0, 0.05) is 17.8 Å². The van der Waals surface area contributed by atoms with Crippen LogP contribution in [0.5, 0.6) is 0 Å². The third kappa shape index (κ3) is 2.76. The summed E-state index contributed by atoms with van der Waals surface area (Å²) in [5, 5.41) is 5.75. The molecule has 2 N–H and O–H groups in total. The van der Waals surface area contributed by atoms with Gasteiger partial charge in [-0.1, -0.05) is 6.07 Å². The Morgan fingerprint density at radius 3 is 3.16 bits per heavy atom. The van der Waals surface area contributed by atoms with E-state index >= 15 is 0 Å². The first kappa shape index (κ1) is 12.5. The van der Waals surface area contributed by atoms with Crippen LogP contribution in [0.4, 0.5) is 5.69 Å². The molecule has 3 rings (SSSR count). The lowest BCUT2D eigenvalue weighted by atomic mass is 10.1. The van der Waals surface area contributed by atoms with Crippen molar-refractivity contribution in [1.82, 2.24) is 5.32 Å². The van der Waals surface area contributed by atoms with E-state index in [1.165, 1.54) is 12.2 Å². The van der Waals surface area contributed by atoms with Crippen molar-refractivity contribution in [3.05, 3.63) is 29.3 Å². The van der Waals surface area contributed by atoms with Crippen LogP contribution in [0.3, 0.4) is 0 Å². The summed E-state index contributed by atoms with van der Waals surface area (Å²) < 4.78 is 0. The van der Waals surface area contributed by atoms with Gasteiger partial charge in [0.2, 0.25) is 5.91 Å². The number of nitrogens with one attached hydrogen (secondary N) is 2. The third-order valence-corrected chi connectivity index (χ3v) is 4.80. The lowest BCUT2D eigenvalue weighted by Gasteiger charge is -2.10. The lowest BCUT2D eigenvalue weighted by molar-refractivity contribution is -0.115. The molecule has 100 valence electrons. The summed E-state index contributed by atoms with van der Waals surface area (Å²) in [4.78, 5) is 23.3. The maximum atomic E-state index is 12.1. The number of carbonyl (C=O) groups excluding carboxylic acids is 2. The number of benzene rings is 1. The Kier molecular flexibility index (Phi) is 3.46. The molecule has 0 saturated carbocycles. The van der Waals surface area contributed by atoms with Gasteiger partial charge >= 0.3 is 0 Å². The number of rotatable bonds is 3. The van der Waals surface area contributed by atoms with Crippen LogP contribution in [0.2, 0.25) is 0 Å². The largest absolute Gasteiger partial charge is 0.352 e. The minimum atomic E-state index is -0.0548. The maximum Gasteiger partial charge on any atom is 0.251 e. The number of hydrogen-bond acceptors (Lipinski definition) is 3. The molecule has 4 nitrogen and oxygen atoms in total. The van der Waals surface area contributed by atoms with Crippen LogP contribution in [-0.4, -0.2) is 29.9 Å². The van der Waals surface area contributed by atoms with Crippen molar-refractivity contribution in [1.29, 1.82) is 0 Å². The molecule has 5 heteroatoms. The van der Waals surface area contributed by atoms with Crippen molar-refractivity contribution in [3.8, 4) is 0 Å². The average molecular weight is 276 g/mol. The molecule has 1 saturated heterocycles. The van der Waals surface area contributed by atoms with Crippen molar-refractivity contribution in [2.24, 2.45) is 5.92 Å². The summed E-state index contributed by atoms with van der Waals surface area (Å²) in [5.74, 6) is 2.88. The summed E-state index contributed by atoms with van der Waals surface area (Å²) in [6, 6.07) is 5.41. The molecule has 1 aromatic carbocycles.